The van der Waals surface area contributed by atoms with Crippen LogP contribution in [0.3, 0.4) is 0 Å². The van der Waals surface area contributed by atoms with Gasteiger partial charge in [0.15, 0.2) is 0 Å². The standard InChI is InChI=1S/C36H69NO4/c1-3-5-7-9-11-13-15-16-17-18-19-20-21-23-25-27-29-31-35(40)36(41)37-33(32-38)34(39)30-28-26-24-22-14-12-10-8-6-4-2/h14,22,28,30,33-35,38-40H,3-13,15-21,23-27,29,31-32H2,1-2H3,(H,37,41)/b22-14+,30-28+. The normalized spacial score (nSPS) is 14.2. The topological polar surface area (TPSA) is 89.8 Å². The van der Waals surface area contributed by atoms with E-state index >= 15 is 0 Å². The Bertz CT molecular complexity index is 606. The van der Waals surface area contributed by atoms with Crippen molar-refractivity contribution in [2.45, 2.75) is 193 Å². The Hall–Kier alpha value is -1.17. The van der Waals surface area contributed by atoms with E-state index in [9.17, 15) is 20.1 Å². The molecule has 3 atom stereocenters. The Morgan fingerprint density at radius 1 is 0.585 bits per heavy atom. The second-order valence-electron chi connectivity index (χ2n) is 12.1. The fraction of sp³-hybridized carbons (Fsp3) is 0.861. The molecule has 0 spiro atoms. The van der Waals surface area contributed by atoms with Crippen LogP contribution in [0.25, 0.3) is 0 Å². The van der Waals surface area contributed by atoms with Crippen LogP contribution in [-0.2, 0) is 4.79 Å². The smallest absolute Gasteiger partial charge is 0.249 e. The highest BCUT2D eigenvalue weighted by atomic mass is 16.3. The summed E-state index contributed by atoms with van der Waals surface area (Å²) in [5, 5.41) is 32.8. The van der Waals surface area contributed by atoms with Gasteiger partial charge in [-0.2, -0.15) is 0 Å². The second-order valence-corrected chi connectivity index (χ2v) is 12.1. The molecule has 0 aliphatic carbocycles. The van der Waals surface area contributed by atoms with Crippen molar-refractivity contribution in [3.05, 3.63) is 24.3 Å². The van der Waals surface area contributed by atoms with Crippen molar-refractivity contribution in [2.24, 2.45) is 0 Å². The molecule has 3 unspecified atom stereocenters. The lowest BCUT2D eigenvalue weighted by molar-refractivity contribution is -0.131. The predicted octanol–water partition coefficient (Wildman–Crippen LogP) is 9.09. The molecule has 0 aromatic heterocycles. The van der Waals surface area contributed by atoms with E-state index in [1.54, 1.807) is 6.08 Å². The molecule has 0 aliphatic heterocycles. The van der Waals surface area contributed by atoms with Crippen molar-refractivity contribution < 1.29 is 20.1 Å². The molecule has 0 saturated heterocycles. The van der Waals surface area contributed by atoms with Crippen molar-refractivity contribution in [1.29, 1.82) is 0 Å². The lowest BCUT2D eigenvalue weighted by Gasteiger charge is -2.21. The van der Waals surface area contributed by atoms with Crippen molar-refractivity contribution in [2.75, 3.05) is 6.61 Å². The van der Waals surface area contributed by atoms with E-state index in [-0.39, 0.29) is 6.61 Å². The van der Waals surface area contributed by atoms with Gasteiger partial charge in [-0.05, 0) is 32.1 Å². The summed E-state index contributed by atoms with van der Waals surface area (Å²) in [5.74, 6) is -0.515. The number of hydrogen-bond acceptors (Lipinski definition) is 4. The highest BCUT2D eigenvalue weighted by Gasteiger charge is 2.22. The van der Waals surface area contributed by atoms with E-state index in [0.29, 0.717) is 6.42 Å². The number of hydrogen-bond donors (Lipinski definition) is 4. The number of amides is 1. The molecule has 0 heterocycles. The number of carbonyl (C=O) groups excluding carboxylic acids is 1. The third-order valence-corrected chi connectivity index (χ3v) is 8.04. The molecule has 0 fully saturated rings. The van der Waals surface area contributed by atoms with Crippen molar-refractivity contribution in [3.8, 4) is 0 Å². The molecule has 41 heavy (non-hydrogen) atoms. The molecule has 242 valence electrons. The molecule has 0 aromatic rings. The maximum absolute atomic E-state index is 12.3. The zero-order valence-electron chi connectivity index (χ0n) is 27.2. The van der Waals surface area contributed by atoms with Crippen LogP contribution in [0.1, 0.15) is 174 Å². The minimum Gasteiger partial charge on any atom is -0.394 e. The third-order valence-electron chi connectivity index (χ3n) is 8.04. The van der Waals surface area contributed by atoms with Gasteiger partial charge in [-0.1, -0.05) is 167 Å². The monoisotopic (exact) mass is 580 g/mol. The van der Waals surface area contributed by atoms with Gasteiger partial charge in [0.1, 0.15) is 6.10 Å². The molecule has 0 radical (unpaired) electrons. The number of rotatable bonds is 31. The SMILES string of the molecule is CCCCCC/C=C/CC/C=C/C(O)C(CO)NC(=O)C(O)CCCCCCCCCCCCCCCCCCC. The molecule has 1 amide bonds. The second kappa shape index (κ2) is 31.8. The number of unbranched alkanes of at least 4 members (excludes halogenated alkanes) is 21. The zero-order chi connectivity index (χ0) is 30.2. The van der Waals surface area contributed by atoms with Gasteiger partial charge in [0.25, 0.3) is 0 Å². The van der Waals surface area contributed by atoms with E-state index in [4.69, 9.17) is 0 Å². The minimum absolute atomic E-state index is 0.374. The summed E-state index contributed by atoms with van der Waals surface area (Å²) in [6, 6.07) is -0.807. The van der Waals surface area contributed by atoms with Gasteiger partial charge in [0.05, 0.1) is 18.8 Å². The molecular formula is C36H69NO4. The average Bonchev–Trinajstić information content (AvgIpc) is 2.98. The van der Waals surface area contributed by atoms with Crippen LogP contribution >= 0.6 is 0 Å². The van der Waals surface area contributed by atoms with Crippen LogP contribution in [0.5, 0.6) is 0 Å². The summed E-state index contributed by atoms with van der Waals surface area (Å²) in [5.41, 5.74) is 0. The van der Waals surface area contributed by atoms with E-state index in [1.165, 1.54) is 116 Å². The Balaban J connectivity index is 3.73. The molecule has 0 aliphatic rings. The molecule has 4 N–H and O–H groups in total. The Kier molecular flexibility index (Phi) is 30.9. The van der Waals surface area contributed by atoms with Crippen LogP contribution in [0.4, 0.5) is 0 Å². The van der Waals surface area contributed by atoms with E-state index < -0.39 is 24.2 Å². The lowest BCUT2D eigenvalue weighted by atomic mass is 10.0. The lowest BCUT2D eigenvalue weighted by Crippen LogP contribution is -2.48. The third kappa shape index (κ3) is 27.4. The maximum Gasteiger partial charge on any atom is 0.249 e. The van der Waals surface area contributed by atoms with E-state index in [0.717, 1.165) is 38.5 Å². The first-order valence-corrected chi connectivity index (χ1v) is 17.7. The molecule has 5 heteroatoms. The van der Waals surface area contributed by atoms with Crippen LogP contribution < -0.4 is 5.32 Å². The summed E-state index contributed by atoms with van der Waals surface area (Å²) in [7, 11) is 0. The van der Waals surface area contributed by atoms with Crippen LogP contribution in [0, 0.1) is 0 Å². The zero-order valence-corrected chi connectivity index (χ0v) is 27.2. The highest BCUT2D eigenvalue weighted by molar-refractivity contribution is 5.80. The predicted molar refractivity (Wildman–Crippen MR) is 176 cm³/mol. The van der Waals surface area contributed by atoms with Crippen LogP contribution in [0.15, 0.2) is 24.3 Å². The Labute approximate surface area is 254 Å². The van der Waals surface area contributed by atoms with Gasteiger partial charge in [-0.3, -0.25) is 4.79 Å². The number of aliphatic hydroxyl groups is 3. The van der Waals surface area contributed by atoms with Gasteiger partial charge in [0, 0.05) is 0 Å². The molecule has 0 rings (SSSR count). The quantitative estimate of drug-likeness (QED) is 0.0487. The fourth-order valence-corrected chi connectivity index (χ4v) is 5.20. The average molecular weight is 580 g/mol. The van der Waals surface area contributed by atoms with E-state index in [1.807, 2.05) is 6.08 Å². The summed E-state index contributed by atoms with van der Waals surface area (Å²) in [6.07, 6.45) is 36.2. The number of carbonyl (C=O) groups is 1. The molecule has 5 nitrogen and oxygen atoms in total. The first kappa shape index (κ1) is 39.8. The van der Waals surface area contributed by atoms with Crippen molar-refractivity contribution in [1.82, 2.24) is 5.32 Å². The summed E-state index contributed by atoms with van der Waals surface area (Å²) in [4.78, 5) is 12.3. The molecule has 0 saturated carbocycles. The largest absolute Gasteiger partial charge is 0.394 e. The van der Waals surface area contributed by atoms with Gasteiger partial charge >= 0.3 is 0 Å². The minimum atomic E-state index is -1.10. The summed E-state index contributed by atoms with van der Waals surface area (Å²) in [6.45, 7) is 4.12. The van der Waals surface area contributed by atoms with Crippen molar-refractivity contribution >= 4 is 5.91 Å². The molecular weight excluding hydrogens is 510 g/mol. The van der Waals surface area contributed by atoms with Gasteiger partial charge in [-0.25, -0.2) is 0 Å². The summed E-state index contributed by atoms with van der Waals surface area (Å²) >= 11 is 0. The number of aliphatic hydroxyl groups excluding tert-OH is 3. The number of nitrogens with one attached hydrogen (secondary N) is 1. The van der Waals surface area contributed by atoms with E-state index in [2.05, 4.69) is 31.3 Å². The van der Waals surface area contributed by atoms with Gasteiger partial charge < -0.3 is 20.6 Å². The maximum atomic E-state index is 12.3. The first-order chi connectivity index (χ1) is 20.1. The fourth-order valence-electron chi connectivity index (χ4n) is 5.20. The summed E-state index contributed by atoms with van der Waals surface area (Å²) < 4.78 is 0. The number of allylic oxidation sites excluding steroid dienone is 3. The molecule has 0 bridgehead atoms. The van der Waals surface area contributed by atoms with Gasteiger partial charge in [0.2, 0.25) is 5.91 Å². The Morgan fingerprint density at radius 2 is 1.00 bits per heavy atom. The van der Waals surface area contributed by atoms with Crippen LogP contribution in [-0.4, -0.2) is 46.1 Å². The first-order valence-electron chi connectivity index (χ1n) is 17.7. The van der Waals surface area contributed by atoms with Crippen molar-refractivity contribution in [3.63, 3.8) is 0 Å². The molecule has 0 aromatic carbocycles. The highest BCUT2D eigenvalue weighted by Crippen LogP contribution is 2.15. The van der Waals surface area contributed by atoms with Gasteiger partial charge in [-0.15, -0.1) is 0 Å². The Morgan fingerprint density at radius 3 is 1.49 bits per heavy atom. The van der Waals surface area contributed by atoms with Crippen LogP contribution in [0.2, 0.25) is 0 Å².